The molecule has 6 nitrogen and oxygen atoms in total. The zero-order valence-electron chi connectivity index (χ0n) is 13.5. The molecule has 0 spiro atoms. The van der Waals surface area contributed by atoms with E-state index in [0.717, 1.165) is 11.8 Å². The molecular formula is C16H22N2O4S. The maximum Gasteiger partial charge on any atom is 0.316 e. The molecule has 0 aliphatic carbocycles. The summed E-state index contributed by atoms with van der Waals surface area (Å²) in [5, 5.41) is 13.8. The van der Waals surface area contributed by atoms with Crippen LogP contribution in [0.15, 0.2) is 29.2 Å². The molecule has 0 bridgehead atoms. The van der Waals surface area contributed by atoms with Gasteiger partial charge in [0.25, 0.3) is 5.91 Å². The van der Waals surface area contributed by atoms with Crippen molar-refractivity contribution in [3.8, 4) is 0 Å². The summed E-state index contributed by atoms with van der Waals surface area (Å²) < 4.78 is 0. The Bertz CT molecular complexity index is 575. The quantitative estimate of drug-likeness (QED) is 0.629. The maximum atomic E-state index is 12.2. The third kappa shape index (κ3) is 6.73. The van der Waals surface area contributed by atoms with Crippen molar-refractivity contribution in [2.24, 2.45) is 0 Å². The normalized spacial score (nSPS) is 11.8. The van der Waals surface area contributed by atoms with Crippen molar-refractivity contribution < 1.29 is 19.5 Å². The molecular weight excluding hydrogens is 316 g/mol. The highest BCUT2D eigenvalue weighted by molar-refractivity contribution is 8.00. The predicted molar refractivity (Wildman–Crippen MR) is 89.6 cm³/mol. The van der Waals surface area contributed by atoms with Crippen LogP contribution in [0.2, 0.25) is 0 Å². The molecule has 0 aliphatic heterocycles. The lowest BCUT2D eigenvalue weighted by Gasteiger charge is -2.12. The van der Waals surface area contributed by atoms with Gasteiger partial charge in [0.05, 0.1) is 5.56 Å². The lowest BCUT2D eigenvalue weighted by molar-refractivity contribution is -0.136. The van der Waals surface area contributed by atoms with E-state index in [1.165, 1.54) is 0 Å². The van der Waals surface area contributed by atoms with E-state index < -0.39 is 11.2 Å². The Labute approximate surface area is 140 Å². The van der Waals surface area contributed by atoms with Gasteiger partial charge in [-0.15, -0.1) is 11.8 Å². The van der Waals surface area contributed by atoms with Crippen LogP contribution >= 0.6 is 11.8 Å². The first-order chi connectivity index (χ1) is 10.8. The van der Waals surface area contributed by atoms with Crippen LogP contribution in [-0.2, 0) is 9.59 Å². The Hall–Kier alpha value is -2.02. The fraction of sp³-hybridized carbons (Fsp3) is 0.438. The fourth-order valence-electron chi connectivity index (χ4n) is 1.78. The third-order valence-electron chi connectivity index (χ3n) is 2.87. The van der Waals surface area contributed by atoms with Crippen LogP contribution in [0.25, 0.3) is 0 Å². The summed E-state index contributed by atoms with van der Waals surface area (Å²) in [7, 11) is 0. The fourth-order valence-corrected chi connectivity index (χ4v) is 2.70. The first kappa shape index (κ1) is 19.0. The van der Waals surface area contributed by atoms with Crippen LogP contribution in [0.3, 0.4) is 0 Å². The van der Waals surface area contributed by atoms with Crippen molar-refractivity contribution >= 4 is 29.5 Å². The zero-order chi connectivity index (χ0) is 17.4. The molecule has 0 heterocycles. The first-order valence-corrected chi connectivity index (χ1v) is 8.25. The van der Waals surface area contributed by atoms with E-state index in [4.69, 9.17) is 5.11 Å². The lowest BCUT2D eigenvalue weighted by atomic mass is 10.2. The maximum absolute atomic E-state index is 12.2. The average molecular weight is 338 g/mol. The minimum Gasteiger partial charge on any atom is -0.480 e. The van der Waals surface area contributed by atoms with Gasteiger partial charge in [-0.2, -0.15) is 0 Å². The Morgan fingerprint density at radius 1 is 1.17 bits per heavy atom. The molecule has 2 amide bonds. The summed E-state index contributed by atoms with van der Waals surface area (Å²) in [6.07, 6.45) is 0.199. The van der Waals surface area contributed by atoms with Crippen LogP contribution < -0.4 is 10.6 Å². The van der Waals surface area contributed by atoms with E-state index in [-0.39, 0.29) is 30.8 Å². The van der Waals surface area contributed by atoms with Gasteiger partial charge in [-0.1, -0.05) is 12.1 Å². The van der Waals surface area contributed by atoms with E-state index in [2.05, 4.69) is 10.6 Å². The first-order valence-electron chi connectivity index (χ1n) is 7.37. The van der Waals surface area contributed by atoms with Crippen LogP contribution in [0, 0.1) is 0 Å². The minimum atomic E-state index is -0.935. The van der Waals surface area contributed by atoms with E-state index in [9.17, 15) is 14.4 Å². The summed E-state index contributed by atoms with van der Waals surface area (Å²) in [6.45, 7) is 5.53. The number of hydrogen-bond donors (Lipinski definition) is 3. The molecule has 0 radical (unpaired) electrons. The van der Waals surface area contributed by atoms with E-state index >= 15 is 0 Å². The third-order valence-corrected chi connectivity index (χ3v) is 4.04. The van der Waals surface area contributed by atoms with E-state index in [1.54, 1.807) is 31.2 Å². The van der Waals surface area contributed by atoms with Crippen LogP contribution in [0.5, 0.6) is 0 Å². The van der Waals surface area contributed by atoms with Crippen LogP contribution in [-0.4, -0.2) is 40.7 Å². The highest BCUT2D eigenvalue weighted by Crippen LogP contribution is 2.26. The molecule has 0 saturated heterocycles. The van der Waals surface area contributed by atoms with Crippen molar-refractivity contribution in [1.82, 2.24) is 10.6 Å². The molecule has 126 valence electrons. The summed E-state index contributed by atoms with van der Waals surface area (Å²) in [5.41, 5.74) is 0.412. The van der Waals surface area contributed by atoms with Crippen molar-refractivity contribution in [3.05, 3.63) is 29.8 Å². The zero-order valence-corrected chi connectivity index (χ0v) is 14.3. The van der Waals surface area contributed by atoms with Gasteiger partial charge in [-0.05, 0) is 32.9 Å². The van der Waals surface area contributed by atoms with Gasteiger partial charge in [-0.25, -0.2) is 0 Å². The molecule has 7 heteroatoms. The summed E-state index contributed by atoms with van der Waals surface area (Å²) in [4.78, 5) is 35.3. The summed E-state index contributed by atoms with van der Waals surface area (Å²) >= 11 is 1.12. The topological polar surface area (TPSA) is 95.5 Å². The smallest absolute Gasteiger partial charge is 0.316 e. The summed E-state index contributed by atoms with van der Waals surface area (Å²) in [5.74, 6) is -1.37. The Kier molecular flexibility index (Phi) is 7.61. The highest BCUT2D eigenvalue weighted by Gasteiger charge is 2.17. The number of rotatable bonds is 8. The van der Waals surface area contributed by atoms with Gasteiger partial charge in [0.15, 0.2) is 0 Å². The second-order valence-electron chi connectivity index (χ2n) is 5.32. The lowest BCUT2D eigenvalue weighted by Crippen LogP contribution is -2.34. The molecule has 1 aromatic carbocycles. The van der Waals surface area contributed by atoms with E-state index in [0.29, 0.717) is 10.5 Å². The number of benzene rings is 1. The molecule has 1 unspecified atom stereocenters. The van der Waals surface area contributed by atoms with Crippen molar-refractivity contribution in [2.75, 3.05) is 6.54 Å². The molecule has 0 saturated carbocycles. The number of thioether (sulfide) groups is 1. The van der Waals surface area contributed by atoms with Crippen LogP contribution in [0.1, 0.15) is 37.6 Å². The van der Waals surface area contributed by atoms with Crippen molar-refractivity contribution in [2.45, 2.75) is 43.4 Å². The number of carboxylic acid groups (broad SMARTS) is 1. The Balaban J connectivity index is 2.62. The number of amides is 2. The molecule has 23 heavy (non-hydrogen) atoms. The monoisotopic (exact) mass is 338 g/mol. The van der Waals surface area contributed by atoms with Gasteiger partial charge in [0, 0.05) is 23.9 Å². The number of nitrogens with one attached hydrogen (secondary N) is 2. The van der Waals surface area contributed by atoms with E-state index in [1.807, 2.05) is 13.8 Å². The predicted octanol–water partition coefficient (Wildman–Crippen LogP) is 1.90. The average Bonchev–Trinajstić information content (AvgIpc) is 2.46. The minimum absolute atomic E-state index is 0.0628. The number of hydrogen-bond acceptors (Lipinski definition) is 4. The molecule has 1 atom stereocenters. The number of aliphatic carboxylic acids is 1. The van der Waals surface area contributed by atoms with Gasteiger partial charge in [-0.3, -0.25) is 14.4 Å². The second-order valence-corrected chi connectivity index (χ2v) is 6.71. The van der Waals surface area contributed by atoms with Gasteiger partial charge < -0.3 is 15.7 Å². The van der Waals surface area contributed by atoms with Gasteiger partial charge in [0.2, 0.25) is 5.91 Å². The molecule has 1 rings (SSSR count). The molecule has 0 fully saturated rings. The SMILES string of the molecule is CC(C)NC(=O)CCNC(=O)c1ccccc1SC(C)C(=O)O. The largest absolute Gasteiger partial charge is 0.480 e. The summed E-state index contributed by atoms with van der Waals surface area (Å²) in [6, 6.07) is 6.89. The van der Waals surface area contributed by atoms with Gasteiger partial charge in [0.1, 0.15) is 5.25 Å². The standard InChI is InChI=1S/C16H22N2O4S/c1-10(2)18-14(19)8-9-17-15(20)12-6-4-5-7-13(12)23-11(3)16(21)22/h4-7,10-11H,8-9H2,1-3H3,(H,17,20)(H,18,19)(H,21,22). The van der Waals surface area contributed by atoms with Gasteiger partial charge >= 0.3 is 5.97 Å². The highest BCUT2D eigenvalue weighted by atomic mass is 32.2. The molecule has 3 N–H and O–H groups in total. The van der Waals surface area contributed by atoms with Crippen molar-refractivity contribution in [3.63, 3.8) is 0 Å². The second kappa shape index (κ2) is 9.19. The molecule has 0 aliphatic rings. The molecule has 1 aromatic rings. The number of carboxylic acids is 1. The number of carbonyl (C=O) groups excluding carboxylic acids is 2. The Morgan fingerprint density at radius 3 is 2.43 bits per heavy atom. The Morgan fingerprint density at radius 2 is 1.83 bits per heavy atom. The van der Waals surface area contributed by atoms with Crippen LogP contribution in [0.4, 0.5) is 0 Å². The molecule has 0 aromatic heterocycles. The number of carbonyl (C=O) groups is 3. The van der Waals surface area contributed by atoms with Crippen molar-refractivity contribution in [1.29, 1.82) is 0 Å².